The lowest BCUT2D eigenvalue weighted by molar-refractivity contribution is 0.0959. The van der Waals surface area contributed by atoms with E-state index in [-0.39, 0.29) is 118 Å². The summed E-state index contributed by atoms with van der Waals surface area (Å²) in [5.74, 6) is -2.96. The predicted octanol–water partition coefficient (Wildman–Crippen LogP) is 5.65. The standard InChI is InChI=1S/2C12H11NO3.C10H5BrO3.C10H6O3.C2H7N/c1-13(2)8-6-10(15)11-7(12(8)16)4-3-5-9(11)14;1-13(2)8-6-10(15)7-4-3-5-9(14)11(7)12(8)16;11-6-4-8(13)5-2-1-3-7(12)9(5)10(6)14;11-7-4-5-9(13)10-6(7)2-1-3-8(10)12;1-3-2/h2*3-6,14H,1-2H3;1-4,12H;1-5,12H;3H,1-2H3. The Morgan fingerprint density at radius 1 is 0.419 bits per heavy atom. The van der Waals surface area contributed by atoms with Crippen LogP contribution in [0, 0.1) is 0 Å². The number of aromatic hydroxyl groups is 4. The van der Waals surface area contributed by atoms with Crippen molar-refractivity contribution in [2.75, 3.05) is 42.3 Å². The molecule has 0 atom stereocenters. The highest BCUT2D eigenvalue weighted by molar-refractivity contribution is 9.12. The van der Waals surface area contributed by atoms with Crippen LogP contribution in [0.15, 0.2) is 119 Å². The molecule has 0 radical (unpaired) electrons. The molecule has 0 unspecified atom stereocenters. The maximum Gasteiger partial charge on any atom is 0.213 e. The third-order valence-corrected chi connectivity index (χ3v) is 9.57. The molecule has 318 valence electrons. The molecule has 4 aliphatic carbocycles. The van der Waals surface area contributed by atoms with Crippen molar-refractivity contribution in [1.29, 1.82) is 0 Å². The predicted molar refractivity (Wildman–Crippen MR) is 232 cm³/mol. The number of rotatable bonds is 2. The number of halogens is 1. The van der Waals surface area contributed by atoms with Gasteiger partial charge in [-0.15, -0.1) is 0 Å². The Labute approximate surface area is 363 Å². The maximum atomic E-state index is 12.0. The minimum absolute atomic E-state index is 0.0758. The molecule has 0 aliphatic heterocycles. The van der Waals surface area contributed by atoms with Gasteiger partial charge in [0.1, 0.15) is 23.0 Å². The molecule has 0 heterocycles. The molecule has 0 fully saturated rings. The molecule has 4 aliphatic rings. The summed E-state index contributed by atoms with van der Waals surface area (Å²) >= 11 is 2.98. The summed E-state index contributed by atoms with van der Waals surface area (Å²) in [5.41, 5.74) is 2.04. The Morgan fingerprint density at radius 2 is 0.758 bits per heavy atom. The van der Waals surface area contributed by atoms with Crippen LogP contribution in [-0.4, -0.2) is 119 Å². The molecule has 0 amide bonds. The monoisotopic (exact) mass is 905 g/mol. The van der Waals surface area contributed by atoms with Crippen LogP contribution in [-0.2, 0) is 0 Å². The number of carbonyl (C=O) groups is 8. The van der Waals surface area contributed by atoms with Crippen LogP contribution in [0.1, 0.15) is 82.9 Å². The number of hydrogen-bond donors (Lipinski definition) is 5. The summed E-state index contributed by atoms with van der Waals surface area (Å²) in [5, 5.41) is 40.7. The highest BCUT2D eigenvalue weighted by Crippen LogP contribution is 2.32. The molecule has 4 aromatic carbocycles. The molecule has 15 nitrogen and oxygen atoms in total. The first-order valence-electron chi connectivity index (χ1n) is 18.3. The van der Waals surface area contributed by atoms with E-state index >= 15 is 0 Å². The zero-order chi connectivity index (χ0) is 46.2. The molecular formula is C46H40BrN3O12. The lowest BCUT2D eigenvalue weighted by Gasteiger charge is -2.21. The van der Waals surface area contributed by atoms with Crippen molar-refractivity contribution in [2.45, 2.75) is 0 Å². The van der Waals surface area contributed by atoms with Gasteiger partial charge in [0.25, 0.3) is 0 Å². The maximum absolute atomic E-state index is 12.0. The lowest BCUT2D eigenvalue weighted by atomic mass is 9.91. The van der Waals surface area contributed by atoms with Crippen LogP contribution in [0.2, 0.25) is 0 Å². The molecule has 0 saturated carbocycles. The van der Waals surface area contributed by atoms with E-state index in [2.05, 4.69) is 21.2 Å². The van der Waals surface area contributed by atoms with Gasteiger partial charge in [0, 0.05) is 68.7 Å². The van der Waals surface area contributed by atoms with Crippen molar-refractivity contribution in [3.05, 3.63) is 164 Å². The number of allylic oxidation sites excluding steroid dienone is 8. The number of Topliss-reactive ketones (excluding diaryl/α,β-unsaturated/α-hetero) is 3. The second-order valence-corrected chi connectivity index (χ2v) is 14.6. The van der Waals surface area contributed by atoms with Gasteiger partial charge in [0.15, 0.2) is 28.9 Å². The number of benzene rings is 4. The number of carbonyl (C=O) groups excluding carboxylic acids is 8. The molecule has 16 heteroatoms. The van der Waals surface area contributed by atoms with Gasteiger partial charge in [-0.1, -0.05) is 42.5 Å². The third-order valence-electron chi connectivity index (χ3n) is 8.98. The zero-order valence-electron chi connectivity index (χ0n) is 34.1. The number of nitrogens with zero attached hydrogens (tertiary/aromatic N) is 2. The Morgan fingerprint density at radius 3 is 1.21 bits per heavy atom. The quantitative estimate of drug-likeness (QED) is 0.164. The van der Waals surface area contributed by atoms with Gasteiger partial charge in [0.05, 0.1) is 38.1 Å². The Bertz CT molecular complexity index is 2690. The van der Waals surface area contributed by atoms with Crippen molar-refractivity contribution < 1.29 is 58.8 Å². The van der Waals surface area contributed by atoms with Gasteiger partial charge < -0.3 is 35.5 Å². The van der Waals surface area contributed by atoms with Crippen molar-refractivity contribution in [2.24, 2.45) is 0 Å². The first-order chi connectivity index (χ1) is 29.3. The average molecular weight is 907 g/mol. The highest BCUT2D eigenvalue weighted by Gasteiger charge is 2.31. The normalized spacial score (nSPS) is 14.2. The topological polar surface area (TPSA) is 236 Å². The first-order valence-corrected chi connectivity index (χ1v) is 19.1. The second kappa shape index (κ2) is 20.1. The van der Waals surface area contributed by atoms with Crippen LogP contribution >= 0.6 is 15.9 Å². The molecular weight excluding hydrogens is 866 g/mol. The van der Waals surface area contributed by atoms with Crippen molar-refractivity contribution in [3.8, 4) is 23.0 Å². The highest BCUT2D eigenvalue weighted by atomic mass is 79.9. The fourth-order valence-corrected chi connectivity index (χ4v) is 6.53. The lowest BCUT2D eigenvalue weighted by Crippen LogP contribution is -2.26. The van der Waals surface area contributed by atoms with Crippen molar-refractivity contribution in [1.82, 2.24) is 15.1 Å². The van der Waals surface area contributed by atoms with E-state index in [9.17, 15) is 58.8 Å². The van der Waals surface area contributed by atoms with Gasteiger partial charge in [-0.2, -0.15) is 0 Å². The Kier molecular flexibility index (Phi) is 15.3. The number of fused-ring (bicyclic) bond motifs is 4. The molecule has 0 spiro atoms. The molecule has 0 saturated heterocycles. The van der Waals surface area contributed by atoms with Crippen LogP contribution in [0.25, 0.3) is 0 Å². The first kappa shape index (κ1) is 47.1. The minimum atomic E-state index is -0.363. The summed E-state index contributed by atoms with van der Waals surface area (Å²) in [6.45, 7) is 0. The van der Waals surface area contributed by atoms with Crippen LogP contribution < -0.4 is 5.32 Å². The van der Waals surface area contributed by atoms with E-state index in [1.54, 1.807) is 62.3 Å². The molecule has 4 aromatic rings. The Balaban J connectivity index is 0.000000178. The van der Waals surface area contributed by atoms with E-state index in [0.29, 0.717) is 11.4 Å². The minimum Gasteiger partial charge on any atom is -0.507 e. The molecule has 62 heavy (non-hydrogen) atoms. The van der Waals surface area contributed by atoms with Crippen LogP contribution in [0.3, 0.4) is 0 Å². The third kappa shape index (κ3) is 10.1. The number of likely N-dealkylation sites (N-methyl/N-ethyl adjacent to an activating group) is 2. The van der Waals surface area contributed by atoms with Gasteiger partial charge >= 0.3 is 0 Å². The van der Waals surface area contributed by atoms with Crippen LogP contribution in [0.4, 0.5) is 0 Å². The van der Waals surface area contributed by atoms with E-state index in [4.69, 9.17) is 0 Å². The summed E-state index contributed by atoms with van der Waals surface area (Å²) in [6.07, 6.45) is 6.15. The van der Waals surface area contributed by atoms with Gasteiger partial charge in [-0.05, 0) is 72.5 Å². The molecule has 5 N–H and O–H groups in total. The second-order valence-electron chi connectivity index (χ2n) is 13.8. The smallest absolute Gasteiger partial charge is 0.213 e. The van der Waals surface area contributed by atoms with E-state index < -0.39 is 0 Å². The van der Waals surface area contributed by atoms with Gasteiger partial charge in [0.2, 0.25) is 17.3 Å². The molecule has 0 bridgehead atoms. The molecule has 8 rings (SSSR count). The Hall–Kier alpha value is -7.56. The number of nitrogens with one attached hydrogen (secondary N) is 1. The van der Waals surface area contributed by atoms with Crippen molar-refractivity contribution in [3.63, 3.8) is 0 Å². The largest absolute Gasteiger partial charge is 0.507 e. The number of phenolic OH excluding ortho intramolecular Hbond substituents is 4. The number of ketones is 8. The summed E-state index contributed by atoms with van der Waals surface area (Å²) < 4.78 is 0.177. The van der Waals surface area contributed by atoms with E-state index in [1.165, 1.54) is 78.9 Å². The average Bonchev–Trinajstić information content (AvgIpc) is 3.22. The SMILES string of the molecule is CN(C)C1=CC(=O)c2c(O)cccc2C1=O.CN(C)C1=CC(=O)c2cccc(O)c2C1=O.CNC.O=C1C=C(Br)C(=O)c2c(O)cccc21.O=C1C=CC(=O)c2c(O)cccc21. The van der Waals surface area contributed by atoms with E-state index in [0.717, 1.165) is 0 Å². The number of hydrogen-bond acceptors (Lipinski definition) is 15. The van der Waals surface area contributed by atoms with Crippen molar-refractivity contribution >= 4 is 62.2 Å². The summed E-state index contributed by atoms with van der Waals surface area (Å²) in [7, 11) is 10.5. The van der Waals surface area contributed by atoms with Gasteiger partial charge in [-0.25, -0.2) is 0 Å². The molecule has 0 aromatic heterocycles. The fourth-order valence-electron chi connectivity index (χ4n) is 6.12. The van der Waals surface area contributed by atoms with Gasteiger partial charge in [-0.3, -0.25) is 38.4 Å². The zero-order valence-corrected chi connectivity index (χ0v) is 35.7. The fraction of sp³-hybridized carbons (Fsp3) is 0.130. The number of phenols is 4. The summed E-state index contributed by atoms with van der Waals surface area (Å²) in [4.78, 5) is 96.1. The van der Waals surface area contributed by atoms with Crippen LogP contribution in [0.5, 0.6) is 23.0 Å². The van der Waals surface area contributed by atoms with E-state index in [1.807, 2.05) is 14.1 Å². The summed E-state index contributed by atoms with van der Waals surface area (Å²) in [6, 6.07) is 17.9.